The highest BCUT2D eigenvalue weighted by Gasteiger charge is 2.02. The molecule has 0 fully saturated rings. The molecule has 0 saturated carbocycles. The van der Waals surface area contributed by atoms with Crippen molar-refractivity contribution in [1.82, 2.24) is 0 Å². The first kappa shape index (κ1) is 22.2. The maximum absolute atomic E-state index is 11.3. The van der Waals surface area contributed by atoms with Gasteiger partial charge in [0.05, 0.1) is 5.76 Å². The molecule has 0 amide bonds. The van der Waals surface area contributed by atoms with Crippen LogP contribution in [0.4, 0.5) is 0 Å². The van der Waals surface area contributed by atoms with E-state index in [2.05, 4.69) is 13.5 Å². The van der Waals surface area contributed by atoms with Crippen molar-refractivity contribution in [2.24, 2.45) is 0 Å². The van der Waals surface area contributed by atoms with Crippen molar-refractivity contribution in [2.75, 3.05) is 0 Å². The van der Waals surface area contributed by atoms with E-state index in [9.17, 15) is 4.79 Å². The average molecular weight is 325 g/mol. The summed E-state index contributed by atoms with van der Waals surface area (Å²) in [4.78, 5) is 11.3. The molecule has 0 bridgehead atoms. The van der Waals surface area contributed by atoms with Crippen LogP contribution in [0.15, 0.2) is 12.3 Å². The van der Waals surface area contributed by atoms with Gasteiger partial charge in [0, 0.05) is 6.42 Å². The Labute approximate surface area is 145 Å². The molecule has 0 atom stereocenters. The van der Waals surface area contributed by atoms with E-state index in [-0.39, 0.29) is 5.97 Å². The van der Waals surface area contributed by atoms with Crippen molar-refractivity contribution in [3.05, 3.63) is 12.3 Å². The number of rotatable bonds is 17. The molecule has 0 unspecified atom stereocenters. The van der Waals surface area contributed by atoms with E-state index < -0.39 is 0 Å². The van der Waals surface area contributed by atoms with Crippen LogP contribution >= 0.6 is 0 Å². The van der Waals surface area contributed by atoms with Crippen LogP contribution in [0.1, 0.15) is 117 Å². The molecule has 0 aliphatic carbocycles. The molecule has 0 aromatic rings. The zero-order valence-electron chi connectivity index (χ0n) is 15.8. The Morgan fingerprint density at radius 2 is 1.04 bits per heavy atom. The van der Waals surface area contributed by atoms with Crippen LogP contribution in [0.2, 0.25) is 0 Å². The molecule has 0 aliphatic heterocycles. The van der Waals surface area contributed by atoms with Crippen molar-refractivity contribution in [2.45, 2.75) is 117 Å². The van der Waals surface area contributed by atoms with E-state index >= 15 is 0 Å². The molecule has 0 radical (unpaired) electrons. The largest absolute Gasteiger partial charge is 0.432 e. The summed E-state index contributed by atoms with van der Waals surface area (Å²) < 4.78 is 4.94. The minimum absolute atomic E-state index is 0.132. The molecule has 0 heterocycles. The van der Waals surface area contributed by atoms with Crippen molar-refractivity contribution in [1.29, 1.82) is 0 Å². The van der Waals surface area contributed by atoms with Gasteiger partial charge in [0.25, 0.3) is 0 Å². The summed E-state index contributed by atoms with van der Waals surface area (Å²) in [5.74, 6) is 0.364. The number of carbonyl (C=O) groups excluding carboxylic acids is 1. The summed E-state index contributed by atoms with van der Waals surface area (Å²) >= 11 is 0. The fourth-order valence-electron chi connectivity index (χ4n) is 2.89. The third-order valence-corrected chi connectivity index (χ3v) is 4.27. The van der Waals surface area contributed by atoms with Crippen LogP contribution in [0.5, 0.6) is 0 Å². The van der Waals surface area contributed by atoms with Gasteiger partial charge in [0.15, 0.2) is 0 Å². The Morgan fingerprint density at radius 3 is 1.39 bits per heavy atom. The lowest BCUT2D eigenvalue weighted by molar-refractivity contribution is -0.139. The lowest BCUT2D eigenvalue weighted by Gasteiger charge is -2.04. The lowest BCUT2D eigenvalue weighted by Crippen LogP contribution is -2.01. The van der Waals surface area contributed by atoms with Crippen molar-refractivity contribution in [3.63, 3.8) is 0 Å². The predicted octanol–water partition coefficient (Wildman–Crippen LogP) is 7.32. The summed E-state index contributed by atoms with van der Waals surface area (Å²) in [6, 6.07) is 0. The summed E-state index contributed by atoms with van der Waals surface area (Å²) in [5.41, 5.74) is 0. The van der Waals surface area contributed by atoms with Gasteiger partial charge < -0.3 is 4.74 Å². The van der Waals surface area contributed by atoms with Crippen LogP contribution in [-0.2, 0) is 9.53 Å². The van der Waals surface area contributed by atoms with Gasteiger partial charge >= 0.3 is 5.97 Å². The topological polar surface area (TPSA) is 26.3 Å². The highest BCUT2D eigenvalue weighted by molar-refractivity contribution is 5.70. The quantitative estimate of drug-likeness (QED) is 0.159. The van der Waals surface area contributed by atoms with Gasteiger partial charge in [-0.15, -0.1) is 0 Å². The number of ether oxygens (including phenoxy) is 1. The van der Waals surface area contributed by atoms with E-state index in [0.717, 1.165) is 12.8 Å². The van der Waals surface area contributed by atoms with Gasteiger partial charge in [0.1, 0.15) is 0 Å². The fourth-order valence-corrected chi connectivity index (χ4v) is 2.89. The van der Waals surface area contributed by atoms with E-state index in [1.165, 1.54) is 83.5 Å². The van der Waals surface area contributed by atoms with Gasteiger partial charge in [-0.05, 0) is 13.3 Å². The molecule has 0 aromatic heterocycles. The first-order chi connectivity index (χ1) is 11.2. The van der Waals surface area contributed by atoms with Crippen LogP contribution in [0.25, 0.3) is 0 Å². The number of esters is 1. The van der Waals surface area contributed by atoms with Crippen molar-refractivity contribution in [3.8, 4) is 0 Å². The minimum Gasteiger partial charge on any atom is -0.432 e. The van der Waals surface area contributed by atoms with Crippen molar-refractivity contribution >= 4 is 5.97 Å². The van der Waals surface area contributed by atoms with Gasteiger partial charge in [0.2, 0.25) is 0 Å². The third-order valence-electron chi connectivity index (χ3n) is 4.27. The van der Waals surface area contributed by atoms with Gasteiger partial charge in [-0.25, -0.2) is 0 Å². The first-order valence-electron chi connectivity index (χ1n) is 10.0. The number of hydrogen-bond acceptors (Lipinski definition) is 2. The number of hydrogen-bond donors (Lipinski definition) is 0. The zero-order valence-corrected chi connectivity index (χ0v) is 15.8. The first-order valence-corrected chi connectivity index (χ1v) is 10.0. The van der Waals surface area contributed by atoms with Crippen LogP contribution in [-0.4, -0.2) is 5.97 Å². The van der Waals surface area contributed by atoms with Crippen LogP contribution < -0.4 is 0 Å². The summed E-state index contributed by atoms with van der Waals surface area (Å²) in [6.45, 7) is 7.56. The van der Waals surface area contributed by atoms with E-state index in [4.69, 9.17) is 4.74 Å². The molecular formula is C21H40O2. The molecule has 0 aliphatic rings. The van der Waals surface area contributed by atoms with Gasteiger partial charge in [-0.3, -0.25) is 4.79 Å². The van der Waals surface area contributed by atoms with Gasteiger partial charge in [-0.2, -0.15) is 0 Å². The summed E-state index contributed by atoms with van der Waals surface area (Å²) in [7, 11) is 0. The highest BCUT2D eigenvalue weighted by atomic mass is 16.5. The highest BCUT2D eigenvalue weighted by Crippen LogP contribution is 2.13. The molecular weight excluding hydrogens is 284 g/mol. The van der Waals surface area contributed by atoms with Crippen molar-refractivity contribution < 1.29 is 9.53 Å². The maximum atomic E-state index is 11.3. The van der Waals surface area contributed by atoms with E-state index in [1.807, 2.05) is 0 Å². The molecule has 0 spiro atoms. The summed E-state index contributed by atoms with van der Waals surface area (Å²) in [5, 5.41) is 0. The zero-order chi connectivity index (χ0) is 17.2. The molecule has 2 nitrogen and oxygen atoms in total. The number of allylic oxidation sites excluding steroid dienone is 1. The average Bonchev–Trinajstić information content (AvgIpc) is 2.50. The monoisotopic (exact) mass is 324 g/mol. The molecule has 23 heavy (non-hydrogen) atoms. The molecule has 0 N–H and O–H groups in total. The summed E-state index contributed by atoms with van der Waals surface area (Å²) in [6.07, 6.45) is 20.7. The second-order valence-corrected chi connectivity index (χ2v) is 6.88. The SMILES string of the molecule is C=C(C)OC(=O)CCCCCCCCCCCCCCCCC. The second kappa shape index (κ2) is 17.6. The molecule has 0 rings (SSSR count). The maximum Gasteiger partial charge on any atom is 0.310 e. The predicted molar refractivity (Wildman–Crippen MR) is 100 cm³/mol. The Balaban J connectivity index is 3.08. The molecule has 0 aromatic carbocycles. The van der Waals surface area contributed by atoms with E-state index in [0.29, 0.717) is 12.2 Å². The van der Waals surface area contributed by atoms with Gasteiger partial charge in [-0.1, -0.05) is 103 Å². The fraction of sp³-hybridized carbons (Fsp3) is 0.857. The number of carbonyl (C=O) groups is 1. The second-order valence-electron chi connectivity index (χ2n) is 6.88. The van der Waals surface area contributed by atoms with Crippen LogP contribution in [0, 0.1) is 0 Å². The Kier molecular flexibility index (Phi) is 17.0. The Morgan fingerprint density at radius 1 is 0.696 bits per heavy atom. The normalized spacial score (nSPS) is 10.7. The minimum atomic E-state index is -0.132. The molecule has 2 heteroatoms. The standard InChI is InChI=1S/C21H40O2/c1-4-5-6-7-8-9-10-11-12-13-14-15-16-17-18-19-21(22)23-20(2)3/h2,4-19H2,1,3H3. The smallest absolute Gasteiger partial charge is 0.310 e. The van der Waals surface area contributed by atoms with E-state index in [1.54, 1.807) is 6.92 Å². The number of unbranched alkanes of at least 4 members (excludes halogenated alkanes) is 14. The third kappa shape index (κ3) is 19.2. The Bertz CT molecular complexity index is 284. The molecule has 136 valence electrons. The molecule has 0 saturated heterocycles. The van der Waals surface area contributed by atoms with Crippen LogP contribution in [0.3, 0.4) is 0 Å². The lowest BCUT2D eigenvalue weighted by atomic mass is 10.0. The Hall–Kier alpha value is -0.790.